The van der Waals surface area contributed by atoms with Crippen LogP contribution >= 0.6 is 0 Å². The van der Waals surface area contributed by atoms with Crippen LogP contribution in [-0.2, 0) is 14.2 Å². The Labute approximate surface area is 170 Å². The third-order valence-corrected chi connectivity index (χ3v) is 4.71. The average Bonchev–Trinajstić information content (AvgIpc) is 2.54. The lowest BCUT2D eigenvalue weighted by molar-refractivity contribution is -0.436. The normalized spacial score (nSPS) is 14.9. The van der Waals surface area contributed by atoms with E-state index in [0.717, 1.165) is 19.3 Å². The van der Waals surface area contributed by atoms with E-state index in [0.29, 0.717) is 5.92 Å². The van der Waals surface area contributed by atoms with Gasteiger partial charge in [0.1, 0.15) is 0 Å². The smallest absolute Gasteiger partial charge is 0.287 e. The van der Waals surface area contributed by atoms with Gasteiger partial charge < -0.3 is 14.2 Å². The molecule has 0 spiro atoms. The van der Waals surface area contributed by atoms with Gasteiger partial charge in [0.25, 0.3) is 5.97 Å². The Hall–Kier alpha value is -0.380. The summed E-state index contributed by atoms with van der Waals surface area (Å²) in [7, 11) is 0. The molecular formula is C24H48O3. The largest absolute Gasteiger partial charge is 0.324 e. The van der Waals surface area contributed by atoms with Crippen molar-refractivity contribution in [3.8, 4) is 0 Å². The van der Waals surface area contributed by atoms with E-state index in [1.54, 1.807) is 0 Å². The van der Waals surface area contributed by atoms with Crippen molar-refractivity contribution in [3.05, 3.63) is 12.7 Å². The predicted octanol–water partition coefficient (Wildman–Crippen LogP) is 7.49. The van der Waals surface area contributed by atoms with Crippen molar-refractivity contribution < 1.29 is 14.2 Å². The van der Waals surface area contributed by atoms with Gasteiger partial charge in [0, 0.05) is 5.92 Å². The molecule has 0 fully saturated rings. The molecule has 162 valence electrons. The first-order valence-electron chi connectivity index (χ1n) is 11.4. The van der Waals surface area contributed by atoms with Gasteiger partial charge in [0.15, 0.2) is 0 Å². The standard InChI is InChI=1S/C24H48O3/c1-10-13-14-15-16-18-22(12-3)23(17-11-2)24(25-19(4)5,26-20(6)7)27-21(8)9/h12,19-23H,3,10-11,13-18H2,1-2,4-9H3. The Bertz CT molecular complexity index is 336. The average molecular weight is 385 g/mol. The minimum atomic E-state index is -1.02. The highest BCUT2D eigenvalue weighted by Gasteiger charge is 2.47. The van der Waals surface area contributed by atoms with E-state index in [4.69, 9.17) is 14.2 Å². The molecule has 0 saturated heterocycles. The van der Waals surface area contributed by atoms with Crippen molar-refractivity contribution in [3.63, 3.8) is 0 Å². The molecular weight excluding hydrogens is 336 g/mol. The van der Waals surface area contributed by atoms with E-state index in [1.807, 2.05) is 0 Å². The third-order valence-electron chi connectivity index (χ3n) is 4.71. The fraction of sp³-hybridized carbons (Fsp3) is 0.917. The first kappa shape index (κ1) is 26.6. The second-order valence-corrected chi connectivity index (χ2v) is 8.60. The summed E-state index contributed by atoms with van der Waals surface area (Å²) < 4.78 is 19.2. The van der Waals surface area contributed by atoms with Gasteiger partial charge >= 0.3 is 0 Å². The molecule has 3 heteroatoms. The highest BCUT2D eigenvalue weighted by Crippen LogP contribution is 2.40. The van der Waals surface area contributed by atoms with E-state index in [-0.39, 0.29) is 24.2 Å². The molecule has 0 aromatic heterocycles. The van der Waals surface area contributed by atoms with E-state index in [1.165, 1.54) is 32.1 Å². The lowest BCUT2D eigenvalue weighted by Crippen LogP contribution is -2.52. The Balaban J connectivity index is 5.60. The number of hydrogen-bond donors (Lipinski definition) is 0. The van der Waals surface area contributed by atoms with Crippen LogP contribution in [0.4, 0.5) is 0 Å². The summed E-state index contributed by atoms with van der Waals surface area (Å²) in [6.45, 7) is 21.0. The van der Waals surface area contributed by atoms with Gasteiger partial charge in [-0.3, -0.25) is 0 Å². The van der Waals surface area contributed by atoms with Crippen LogP contribution in [0.2, 0.25) is 0 Å². The molecule has 0 N–H and O–H groups in total. The number of ether oxygens (including phenoxy) is 3. The van der Waals surface area contributed by atoms with Gasteiger partial charge in [0.05, 0.1) is 18.3 Å². The second-order valence-electron chi connectivity index (χ2n) is 8.60. The van der Waals surface area contributed by atoms with Gasteiger partial charge in [-0.05, 0) is 60.3 Å². The van der Waals surface area contributed by atoms with Crippen LogP contribution in [0.1, 0.15) is 107 Å². The lowest BCUT2D eigenvalue weighted by atomic mass is 9.82. The number of hydrogen-bond acceptors (Lipinski definition) is 3. The minimum absolute atomic E-state index is 0.0249. The Morgan fingerprint density at radius 2 is 1.19 bits per heavy atom. The van der Waals surface area contributed by atoms with Crippen LogP contribution in [-0.4, -0.2) is 24.3 Å². The zero-order chi connectivity index (χ0) is 20.9. The summed E-state index contributed by atoms with van der Waals surface area (Å²) in [4.78, 5) is 0. The quantitative estimate of drug-likeness (QED) is 0.148. The molecule has 0 radical (unpaired) electrons. The minimum Gasteiger partial charge on any atom is -0.324 e. The predicted molar refractivity (Wildman–Crippen MR) is 117 cm³/mol. The molecule has 0 saturated carbocycles. The van der Waals surface area contributed by atoms with E-state index < -0.39 is 5.97 Å². The topological polar surface area (TPSA) is 27.7 Å². The van der Waals surface area contributed by atoms with E-state index >= 15 is 0 Å². The number of rotatable bonds is 17. The van der Waals surface area contributed by atoms with Gasteiger partial charge in [-0.25, -0.2) is 0 Å². The molecule has 0 rings (SSSR count). The van der Waals surface area contributed by atoms with Crippen molar-refractivity contribution >= 4 is 0 Å². The summed E-state index contributed by atoms with van der Waals surface area (Å²) in [5, 5.41) is 0. The number of unbranched alkanes of at least 4 members (excludes halogenated alkanes) is 4. The lowest BCUT2D eigenvalue weighted by Gasteiger charge is -2.45. The molecule has 0 aliphatic heterocycles. The van der Waals surface area contributed by atoms with Gasteiger partial charge in [-0.1, -0.05) is 58.4 Å². The Kier molecular flexibility index (Phi) is 14.4. The van der Waals surface area contributed by atoms with Crippen LogP contribution in [0.15, 0.2) is 12.7 Å². The van der Waals surface area contributed by atoms with Gasteiger partial charge in [-0.15, -0.1) is 6.58 Å². The van der Waals surface area contributed by atoms with Gasteiger partial charge in [0.2, 0.25) is 0 Å². The van der Waals surface area contributed by atoms with Crippen LogP contribution in [0, 0.1) is 11.8 Å². The van der Waals surface area contributed by atoms with Crippen molar-refractivity contribution in [2.45, 2.75) is 131 Å². The fourth-order valence-corrected chi connectivity index (χ4v) is 3.76. The van der Waals surface area contributed by atoms with Gasteiger partial charge in [-0.2, -0.15) is 0 Å². The van der Waals surface area contributed by atoms with Crippen molar-refractivity contribution in [1.82, 2.24) is 0 Å². The molecule has 0 aromatic carbocycles. The zero-order valence-electron chi connectivity index (χ0n) is 19.6. The highest BCUT2D eigenvalue weighted by molar-refractivity contribution is 4.90. The summed E-state index contributed by atoms with van der Waals surface area (Å²) in [6, 6.07) is 0. The maximum atomic E-state index is 6.41. The van der Waals surface area contributed by atoms with E-state index in [9.17, 15) is 0 Å². The summed E-state index contributed by atoms with van der Waals surface area (Å²) >= 11 is 0. The molecule has 2 atom stereocenters. The molecule has 0 aromatic rings. The summed E-state index contributed by atoms with van der Waals surface area (Å²) in [6.07, 6.45) is 11.8. The van der Waals surface area contributed by atoms with Crippen LogP contribution in [0.3, 0.4) is 0 Å². The molecule has 27 heavy (non-hydrogen) atoms. The Morgan fingerprint density at radius 1 is 0.704 bits per heavy atom. The highest BCUT2D eigenvalue weighted by atomic mass is 16.9. The summed E-state index contributed by atoms with van der Waals surface area (Å²) in [5.41, 5.74) is 0. The third kappa shape index (κ3) is 10.7. The zero-order valence-corrected chi connectivity index (χ0v) is 19.6. The monoisotopic (exact) mass is 384 g/mol. The molecule has 0 amide bonds. The maximum Gasteiger partial charge on any atom is 0.287 e. The van der Waals surface area contributed by atoms with Crippen LogP contribution in [0.25, 0.3) is 0 Å². The van der Waals surface area contributed by atoms with Crippen LogP contribution < -0.4 is 0 Å². The van der Waals surface area contributed by atoms with Crippen molar-refractivity contribution in [2.75, 3.05) is 0 Å². The van der Waals surface area contributed by atoms with E-state index in [2.05, 4.69) is 68.0 Å². The molecule has 0 aliphatic rings. The molecule has 0 aliphatic carbocycles. The summed E-state index contributed by atoms with van der Waals surface area (Å²) in [5.74, 6) is -0.560. The molecule has 0 bridgehead atoms. The second kappa shape index (κ2) is 14.6. The fourth-order valence-electron chi connectivity index (χ4n) is 3.76. The van der Waals surface area contributed by atoms with Crippen molar-refractivity contribution in [1.29, 1.82) is 0 Å². The molecule has 0 heterocycles. The molecule has 3 nitrogen and oxygen atoms in total. The first-order chi connectivity index (χ1) is 12.7. The molecule has 2 unspecified atom stereocenters. The van der Waals surface area contributed by atoms with Crippen molar-refractivity contribution in [2.24, 2.45) is 11.8 Å². The van der Waals surface area contributed by atoms with Crippen LogP contribution in [0.5, 0.6) is 0 Å². The maximum absolute atomic E-state index is 6.41. The Morgan fingerprint density at radius 3 is 1.56 bits per heavy atom. The SMILES string of the molecule is C=CC(CCCCCCC)C(CCC)C(OC(C)C)(OC(C)C)OC(C)C. The first-order valence-corrected chi connectivity index (χ1v) is 11.4. The number of allylic oxidation sites excluding steroid dienone is 1.